The monoisotopic (exact) mass is 362 g/mol. The maximum absolute atomic E-state index is 10.6. The zero-order valence-electron chi connectivity index (χ0n) is 15.1. The second-order valence-electron chi connectivity index (χ2n) is 5.46. The third kappa shape index (κ3) is 6.16. The van der Waals surface area contributed by atoms with Gasteiger partial charge in [-0.05, 0) is 31.9 Å². The number of carboxylic acids is 1. The van der Waals surface area contributed by atoms with E-state index in [1.165, 1.54) is 0 Å². The molecule has 0 spiro atoms. The van der Waals surface area contributed by atoms with Crippen LogP contribution in [0.5, 0.6) is 11.5 Å². The van der Waals surface area contributed by atoms with Crippen LogP contribution in [-0.4, -0.2) is 25.3 Å². The predicted octanol–water partition coefficient (Wildman–Crippen LogP) is 5.21. The molecular formula is C20H23ClO4. The van der Waals surface area contributed by atoms with Crippen LogP contribution in [0.1, 0.15) is 25.0 Å². The Labute approximate surface area is 153 Å². The summed E-state index contributed by atoms with van der Waals surface area (Å²) in [4.78, 5) is 10.6. The van der Waals surface area contributed by atoms with Gasteiger partial charge in [0, 0.05) is 17.7 Å². The highest BCUT2D eigenvalue weighted by molar-refractivity contribution is 6.33. The van der Waals surface area contributed by atoms with E-state index < -0.39 is 5.97 Å². The quantitative estimate of drug-likeness (QED) is 0.534. The van der Waals surface area contributed by atoms with E-state index in [0.29, 0.717) is 22.1 Å². The number of aliphatic carboxylic acids is 1. The van der Waals surface area contributed by atoms with Crippen molar-refractivity contribution in [1.82, 2.24) is 0 Å². The van der Waals surface area contributed by atoms with Crippen LogP contribution in [0, 0.1) is 6.92 Å². The maximum atomic E-state index is 10.6. The Morgan fingerprint density at radius 1 is 1.12 bits per heavy atom. The molecule has 4 nitrogen and oxygen atoms in total. The SMILES string of the molecule is COc1cc(OC)c(/C=C/C(C)=C/C=C/C(C)=C/C(=O)O)c(C)c1Cl. The minimum Gasteiger partial charge on any atom is -0.496 e. The molecule has 1 aromatic carbocycles. The number of allylic oxidation sites excluding steroid dienone is 6. The van der Waals surface area contributed by atoms with Crippen molar-refractivity contribution in [2.45, 2.75) is 20.8 Å². The molecule has 25 heavy (non-hydrogen) atoms. The molecule has 0 aliphatic heterocycles. The fourth-order valence-electron chi connectivity index (χ4n) is 2.14. The zero-order chi connectivity index (χ0) is 19.0. The molecule has 1 rings (SSSR count). The fourth-order valence-corrected chi connectivity index (χ4v) is 2.37. The van der Waals surface area contributed by atoms with E-state index in [4.69, 9.17) is 26.2 Å². The van der Waals surface area contributed by atoms with Crippen molar-refractivity contribution in [3.05, 3.63) is 63.7 Å². The first kappa shape index (κ1) is 20.6. The molecule has 1 N–H and O–H groups in total. The summed E-state index contributed by atoms with van der Waals surface area (Å²) < 4.78 is 10.7. The smallest absolute Gasteiger partial charge is 0.328 e. The molecule has 0 fully saturated rings. The molecule has 0 aromatic heterocycles. The van der Waals surface area contributed by atoms with Gasteiger partial charge in [0.1, 0.15) is 11.5 Å². The number of carbonyl (C=O) groups is 1. The molecule has 0 amide bonds. The summed E-state index contributed by atoms with van der Waals surface area (Å²) in [6.45, 7) is 5.59. The molecular weight excluding hydrogens is 340 g/mol. The van der Waals surface area contributed by atoms with Crippen molar-refractivity contribution in [3.8, 4) is 11.5 Å². The van der Waals surface area contributed by atoms with Crippen molar-refractivity contribution < 1.29 is 19.4 Å². The molecule has 0 atom stereocenters. The zero-order valence-corrected chi connectivity index (χ0v) is 15.8. The maximum Gasteiger partial charge on any atom is 0.328 e. The number of methoxy groups -OCH3 is 2. The number of carboxylic acid groups (broad SMARTS) is 1. The molecule has 0 unspecified atom stereocenters. The van der Waals surface area contributed by atoms with Crippen molar-refractivity contribution >= 4 is 23.6 Å². The van der Waals surface area contributed by atoms with E-state index in [2.05, 4.69) is 0 Å². The van der Waals surface area contributed by atoms with Gasteiger partial charge in [-0.25, -0.2) is 4.79 Å². The van der Waals surface area contributed by atoms with Crippen LogP contribution in [0.4, 0.5) is 0 Å². The fraction of sp³-hybridized carbons (Fsp3) is 0.250. The average molecular weight is 363 g/mol. The predicted molar refractivity (Wildman–Crippen MR) is 103 cm³/mol. The number of halogens is 1. The lowest BCUT2D eigenvalue weighted by Crippen LogP contribution is -1.95. The number of ether oxygens (including phenoxy) is 2. The van der Waals surface area contributed by atoms with Gasteiger partial charge in [-0.15, -0.1) is 0 Å². The largest absolute Gasteiger partial charge is 0.496 e. The summed E-state index contributed by atoms with van der Waals surface area (Å²) in [7, 11) is 3.16. The molecule has 0 radical (unpaired) electrons. The minimum atomic E-state index is -0.957. The molecule has 0 saturated carbocycles. The Morgan fingerprint density at radius 3 is 2.32 bits per heavy atom. The molecule has 0 aliphatic carbocycles. The van der Waals surface area contributed by atoms with Gasteiger partial charge in [0.25, 0.3) is 0 Å². The number of rotatable bonds is 7. The molecule has 0 heterocycles. The van der Waals surface area contributed by atoms with Gasteiger partial charge in [0.05, 0.1) is 19.2 Å². The van der Waals surface area contributed by atoms with Crippen LogP contribution < -0.4 is 9.47 Å². The Bertz CT molecular complexity index is 755. The highest BCUT2D eigenvalue weighted by Crippen LogP contribution is 2.37. The second kappa shape index (κ2) is 9.74. The number of benzene rings is 1. The Hall–Kier alpha value is -2.46. The van der Waals surface area contributed by atoms with Crippen molar-refractivity contribution in [2.24, 2.45) is 0 Å². The third-order valence-corrected chi connectivity index (χ3v) is 3.97. The average Bonchev–Trinajstić information content (AvgIpc) is 2.55. The van der Waals surface area contributed by atoms with Gasteiger partial charge in [-0.1, -0.05) is 47.6 Å². The Morgan fingerprint density at radius 2 is 1.76 bits per heavy atom. The van der Waals surface area contributed by atoms with Gasteiger partial charge >= 0.3 is 5.97 Å². The van der Waals surface area contributed by atoms with E-state index in [9.17, 15) is 4.79 Å². The second-order valence-corrected chi connectivity index (χ2v) is 5.84. The molecule has 134 valence electrons. The first-order valence-electron chi connectivity index (χ1n) is 7.65. The summed E-state index contributed by atoms with van der Waals surface area (Å²) in [6, 6.07) is 1.76. The summed E-state index contributed by atoms with van der Waals surface area (Å²) in [5.74, 6) is 0.296. The lowest BCUT2D eigenvalue weighted by molar-refractivity contribution is -0.131. The molecule has 1 aromatic rings. The molecule has 0 saturated heterocycles. The topological polar surface area (TPSA) is 55.8 Å². The summed E-state index contributed by atoms with van der Waals surface area (Å²) in [5.41, 5.74) is 3.41. The van der Waals surface area contributed by atoms with E-state index in [-0.39, 0.29) is 0 Å². The van der Waals surface area contributed by atoms with E-state index >= 15 is 0 Å². The third-order valence-electron chi connectivity index (χ3n) is 3.50. The highest BCUT2D eigenvalue weighted by atomic mass is 35.5. The van der Waals surface area contributed by atoms with Gasteiger partial charge in [-0.3, -0.25) is 0 Å². The van der Waals surface area contributed by atoms with Gasteiger partial charge < -0.3 is 14.6 Å². The van der Waals surface area contributed by atoms with Crippen LogP contribution in [-0.2, 0) is 4.79 Å². The summed E-state index contributed by atoms with van der Waals surface area (Å²) in [6.07, 6.45) is 10.5. The molecule has 0 aliphatic rings. The van der Waals surface area contributed by atoms with Gasteiger partial charge in [0.2, 0.25) is 0 Å². The van der Waals surface area contributed by atoms with Crippen molar-refractivity contribution in [3.63, 3.8) is 0 Å². The number of hydrogen-bond acceptors (Lipinski definition) is 3. The first-order valence-corrected chi connectivity index (χ1v) is 8.03. The normalized spacial score (nSPS) is 12.9. The van der Waals surface area contributed by atoms with Crippen molar-refractivity contribution in [1.29, 1.82) is 0 Å². The van der Waals surface area contributed by atoms with Crippen LogP contribution in [0.15, 0.2) is 47.6 Å². The van der Waals surface area contributed by atoms with E-state index in [0.717, 1.165) is 22.8 Å². The van der Waals surface area contributed by atoms with Crippen LogP contribution >= 0.6 is 11.6 Å². The van der Waals surface area contributed by atoms with Crippen LogP contribution in [0.25, 0.3) is 6.08 Å². The summed E-state index contributed by atoms with van der Waals surface area (Å²) in [5, 5.41) is 9.22. The minimum absolute atomic E-state index is 0.555. The molecule has 5 heteroatoms. The molecule has 0 bridgehead atoms. The van der Waals surface area contributed by atoms with Gasteiger partial charge in [0.15, 0.2) is 0 Å². The summed E-state index contributed by atoms with van der Waals surface area (Å²) >= 11 is 6.31. The first-order chi connectivity index (χ1) is 11.8. The lowest BCUT2D eigenvalue weighted by atomic mass is 10.0. The highest BCUT2D eigenvalue weighted by Gasteiger charge is 2.13. The van der Waals surface area contributed by atoms with Crippen molar-refractivity contribution in [2.75, 3.05) is 14.2 Å². The standard InChI is InChI=1S/C20H23ClO4/c1-13(7-6-8-14(2)11-19(22)23)9-10-16-15(3)20(21)18(25-5)12-17(16)24-4/h6-12H,1-5H3,(H,22,23)/b8-6+,10-9+,13-7+,14-11+. The Kier molecular flexibility index (Phi) is 8.02. The van der Waals surface area contributed by atoms with Crippen LogP contribution in [0.3, 0.4) is 0 Å². The van der Waals surface area contributed by atoms with Crippen LogP contribution in [0.2, 0.25) is 5.02 Å². The number of hydrogen-bond donors (Lipinski definition) is 1. The Balaban J connectivity index is 3.05. The van der Waals surface area contributed by atoms with E-state index in [1.807, 2.05) is 32.1 Å². The lowest BCUT2D eigenvalue weighted by Gasteiger charge is -2.13. The van der Waals surface area contributed by atoms with E-state index in [1.54, 1.807) is 39.4 Å². The van der Waals surface area contributed by atoms with Gasteiger partial charge in [-0.2, -0.15) is 0 Å².